The molecule has 8 heteroatoms. The van der Waals surface area contributed by atoms with Crippen molar-refractivity contribution in [3.05, 3.63) is 24.0 Å². The second-order valence-corrected chi connectivity index (χ2v) is 6.95. The van der Waals surface area contributed by atoms with E-state index in [-0.39, 0.29) is 11.8 Å². The molecule has 0 radical (unpaired) electrons. The van der Waals surface area contributed by atoms with E-state index in [2.05, 4.69) is 32.5 Å². The molecule has 0 saturated carbocycles. The fourth-order valence-electron chi connectivity index (χ4n) is 4.52. The minimum atomic E-state index is -0.681. The largest absolute Gasteiger partial charge is 0.354 e. The third kappa shape index (κ3) is 1.40. The Morgan fingerprint density at radius 1 is 1.17 bits per heavy atom. The van der Waals surface area contributed by atoms with Crippen molar-refractivity contribution in [3.63, 3.8) is 0 Å². The number of nitrogens with one attached hydrogen (secondary N) is 2. The quantitative estimate of drug-likeness (QED) is 0.765. The zero-order valence-corrected chi connectivity index (χ0v) is 13.4. The number of aryl methyl sites for hydroxylation is 1. The first-order valence-corrected chi connectivity index (χ1v) is 8.25. The van der Waals surface area contributed by atoms with Gasteiger partial charge in [0.15, 0.2) is 5.65 Å². The summed E-state index contributed by atoms with van der Waals surface area (Å²) in [6.07, 6.45) is 2.54. The van der Waals surface area contributed by atoms with Gasteiger partial charge >= 0.3 is 0 Å². The topological polar surface area (TPSA) is 91.6 Å². The van der Waals surface area contributed by atoms with Gasteiger partial charge in [-0.3, -0.25) is 9.59 Å². The van der Waals surface area contributed by atoms with Crippen LogP contribution in [0, 0.1) is 10.8 Å². The number of nitrogens with zero attached hydrogens (tertiary/aromatic N) is 4. The first kappa shape index (κ1) is 13.8. The molecule has 2 atom stereocenters. The molecule has 8 nitrogen and oxygen atoms in total. The zero-order valence-electron chi connectivity index (χ0n) is 13.4. The summed E-state index contributed by atoms with van der Waals surface area (Å²) in [5.41, 5.74) is 0.401. The summed E-state index contributed by atoms with van der Waals surface area (Å²) >= 11 is 0. The maximum absolute atomic E-state index is 12.5. The Morgan fingerprint density at radius 2 is 1.83 bits per heavy atom. The molecule has 0 bridgehead atoms. The number of hydrogen-bond donors (Lipinski definition) is 2. The predicted molar refractivity (Wildman–Crippen MR) is 85.5 cm³/mol. The Bertz CT molecular complexity index is 860. The van der Waals surface area contributed by atoms with Gasteiger partial charge in [-0.25, -0.2) is 4.98 Å². The molecule has 0 aromatic carbocycles. The van der Waals surface area contributed by atoms with Crippen molar-refractivity contribution in [1.82, 2.24) is 25.2 Å². The monoisotopic (exact) mass is 326 g/mol. The normalized spacial score (nSPS) is 31.3. The van der Waals surface area contributed by atoms with Crippen molar-refractivity contribution in [3.8, 4) is 0 Å². The minimum absolute atomic E-state index is 0.0233. The van der Waals surface area contributed by atoms with Crippen LogP contribution in [0.25, 0.3) is 5.65 Å². The first-order chi connectivity index (χ1) is 11.6. The van der Waals surface area contributed by atoms with Gasteiger partial charge in [0, 0.05) is 44.0 Å². The van der Waals surface area contributed by atoms with Crippen LogP contribution in [0.1, 0.15) is 12.6 Å². The number of rotatable bonds is 2. The van der Waals surface area contributed by atoms with E-state index in [9.17, 15) is 9.59 Å². The van der Waals surface area contributed by atoms with Crippen LogP contribution in [0.5, 0.6) is 0 Å². The van der Waals surface area contributed by atoms with E-state index in [1.807, 2.05) is 12.1 Å². The second kappa shape index (κ2) is 4.25. The highest BCUT2D eigenvalue weighted by Gasteiger charge is 2.73. The molecule has 2 aromatic heterocycles. The van der Waals surface area contributed by atoms with E-state index >= 15 is 0 Å². The Hall–Kier alpha value is -2.64. The fraction of sp³-hybridized carbons (Fsp3) is 0.500. The summed E-state index contributed by atoms with van der Waals surface area (Å²) in [4.78, 5) is 31.8. The van der Waals surface area contributed by atoms with Crippen LogP contribution in [-0.2, 0) is 16.0 Å². The molecule has 0 unspecified atom stereocenters. The van der Waals surface area contributed by atoms with Gasteiger partial charge in [0.2, 0.25) is 11.8 Å². The average molecular weight is 326 g/mol. The van der Waals surface area contributed by atoms with Crippen LogP contribution < -0.4 is 15.5 Å². The van der Waals surface area contributed by atoms with E-state index in [4.69, 9.17) is 0 Å². The van der Waals surface area contributed by atoms with Crippen molar-refractivity contribution < 1.29 is 9.59 Å². The van der Waals surface area contributed by atoms with Crippen LogP contribution in [0.2, 0.25) is 0 Å². The van der Waals surface area contributed by atoms with Gasteiger partial charge in [-0.2, -0.15) is 9.61 Å². The molecule has 2 N–H and O–H groups in total. The van der Waals surface area contributed by atoms with Crippen molar-refractivity contribution in [2.24, 2.45) is 10.8 Å². The standard InChI is InChI=1S/C16H18N6O2/c1-2-10-5-12(22-11(20-10)3-4-19-22)21-8-15-6-17-14(24)16(15,9-21)7-18-13(15)23/h3-5H,2,6-9H2,1H3,(H,17,24)(H,18,23)/t15-,16-/m0/s1. The van der Waals surface area contributed by atoms with E-state index in [1.165, 1.54) is 0 Å². The number of fused-ring (bicyclic) bond motifs is 1. The third-order valence-corrected chi connectivity index (χ3v) is 5.89. The molecule has 0 spiro atoms. The molecular formula is C16H18N6O2. The van der Waals surface area contributed by atoms with Crippen LogP contribution >= 0.6 is 0 Å². The van der Waals surface area contributed by atoms with E-state index in [0.29, 0.717) is 26.2 Å². The van der Waals surface area contributed by atoms with Crippen LogP contribution in [0.15, 0.2) is 18.3 Å². The Kier molecular flexibility index (Phi) is 2.44. The molecule has 5 heterocycles. The highest BCUT2D eigenvalue weighted by atomic mass is 16.2. The maximum Gasteiger partial charge on any atom is 0.231 e. The van der Waals surface area contributed by atoms with Crippen molar-refractivity contribution in [2.75, 3.05) is 31.1 Å². The van der Waals surface area contributed by atoms with Crippen LogP contribution in [0.4, 0.5) is 5.82 Å². The van der Waals surface area contributed by atoms with Gasteiger partial charge < -0.3 is 15.5 Å². The maximum atomic E-state index is 12.5. The van der Waals surface area contributed by atoms with E-state index in [0.717, 1.165) is 23.6 Å². The summed E-state index contributed by atoms with van der Waals surface area (Å²) in [6.45, 7) is 3.90. The lowest BCUT2D eigenvalue weighted by atomic mass is 9.70. The van der Waals surface area contributed by atoms with Gasteiger partial charge in [-0.1, -0.05) is 6.92 Å². The lowest BCUT2D eigenvalue weighted by Gasteiger charge is -2.24. The molecule has 3 aliphatic rings. The van der Waals surface area contributed by atoms with Gasteiger partial charge in [-0.15, -0.1) is 0 Å². The highest BCUT2D eigenvalue weighted by Crippen LogP contribution is 2.53. The smallest absolute Gasteiger partial charge is 0.231 e. The number of anilines is 1. The van der Waals surface area contributed by atoms with Gasteiger partial charge in [0.05, 0.1) is 6.20 Å². The highest BCUT2D eigenvalue weighted by molar-refractivity contribution is 6.02. The number of carbonyl (C=O) groups excluding carboxylic acids is 2. The SMILES string of the molecule is CCc1cc(N2C[C@]34CNC(=O)[C@]3(CNC4=O)C2)n2nccc2n1. The predicted octanol–water partition coefficient (Wildman–Crippen LogP) is -0.656. The third-order valence-electron chi connectivity index (χ3n) is 5.89. The molecule has 24 heavy (non-hydrogen) atoms. The summed E-state index contributed by atoms with van der Waals surface area (Å²) in [5.74, 6) is 0.854. The van der Waals surface area contributed by atoms with Crippen molar-refractivity contribution >= 4 is 23.3 Å². The Labute approximate surface area is 138 Å². The van der Waals surface area contributed by atoms with Crippen LogP contribution in [-0.4, -0.2) is 52.6 Å². The number of hydrogen-bond acceptors (Lipinski definition) is 5. The van der Waals surface area contributed by atoms with Crippen molar-refractivity contribution in [2.45, 2.75) is 13.3 Å². The lowest BCUT2D eigenvalue weighted by Crippen LogP contribution is -2.42. The summed E-state index contributed by atoms with van der Waals surface area (Å²) < 4.78 is 1.79. The molecule has 3 fully saturated rings. The fourth-order valence-corrected chi connectivity index (χ4v) is 4.52. The average Bonchev–Trinajstić information content (AvgIpc) is 3.29. The van der Waals surface area contributed by atoms with Gasteiger partial charge in [-0.05, 0) is 6.42 Å². The molecule has 3 saturated heterocycles. The van der Waals surface area contributed by atoms with Crippen molar-refractivity contribution in [1.29, 1.82) is 0 Å². The molecular weight excluding hydrogens is 308 g/mol. The second-order valence-electron chi connectivity index (χ2n) is 6.95. The van der Waals surface area contributed by atoms with Crippen LogP contribution in [0.3, 0.4) is 0 Å². The molecule has 2 aromatic rings. The minimum Gasteiger partial charge on any atom is -0.354 e. The number of amides is 2. The van der Waals surface area contributed by atoms with E-state index < -0.39 is 10.8 Å². The molecule has 0 aliphatic carbocycles. The number of aromatic nitrogens is 3. The summed E-state index contributed by atoms with van der Waals surface area (Å²) in [6, 6.07) is 3.89. The number of carbonyl (C=O) groups is 2. The lowest BCUT2D eigenvalue weighted by molar-refractivity contribution is -0.132. The summed E-state index contributed by atoms with van der Waals surface area (Å²) in [5, 5.41) is 10.2. The molecule has 3 aliphatic heterocycles. The Balaban J connectivity index is 1.65. The summed E-state index contributed by atoms with van der Waals surface area (Å²) in [7, 11) is 0. The molecule has 2 amide bonds. The van der Waals surface area contributed by atoms with Gasteiger partial charge in [0.1, 0.15) is 16.6 Å². The van der Waals surface area contributed by atoms with Gasteiger partial charge in [0.25, 0.3) is 0 Å². The van der Waals surface area contributed by atoms with E-state index in [1.54, 1.807) is 10.7 Å². The Morgan fingerprint density at radius 3 is 2.46 bits per heavy atom. The zero-order chi connectivity index (χ0) is 16.5. The molecule has 5 rings (SSSR count). The molecule has 124 valence electrons. The first-order valence-electron chi connectivity index (χ1n) is 8.25.